The lowest BCUT2D eigenvalue weighted by atomic mass is 9.98. The highest BCUT2D eigenvalue weighted by Gasteiger charge is 2.28. The van der Waals surface area contributed by atoms with E-state index in [1.807, 2.05) is 0 Å². The monoisotopic (exact) mass is 385 g/mol. The third-order valence-electron chi connectivity index (χ3n) is 5.39. The van der Waals surface area contributed by atoms with Crippen LogP contribution in [-0.2, 0) is 4.79 Å². The normalized spacial score (nSPS) is 13.4. The molecule has 0 bridgehead atoms. The number of carbonyl (C=O) groups excluding carboxylic acids is 1. The van der Waals surface area contributed by atoms with Crippen molar-refractivity contribution in [2.75, 3.05) is 0 Å². The van der Waals surface area contributed by atoms with Crippen molar-refractivity contribution < 1.29 is 14.8 Å². The summed E-state index contributed by atoms with van der Waals surface area (Å²) in [7, 11) is 0. The van der Waals surface area contributed by atoms with Crippen LogP contribution >= 0.6 is 0 Å². The van der Waals surface area contributed by atoms with E-state index < -0.39 is 12.1 Å². The number of nitro groups is 1. The molecule has 0 saturated heterocycles. The van der Waals surface area contributed by atoms with E-state index >= 15 is 0 Å². The van der Waals surface area contributed by atoms with Gasteiger partial charge < -0.3 is 9.90 Å². The molecule has 1 N–H and O–H groups in total. The molecule has 0 rings (SSSR count). The van der Waals surface area contributed by atoms with Gasteiger partial charge in [-0.3, -0.25) is 10.1 Å². The first-order chi connectivity index (χ1) is 13.1. The number of carbonyl (C=O) groups is 1. The van der Waals surface area contributed by atoms with Crippen molar-refractivity contribution in [3.63, 3.8) is 0 Å². The Labute approximate surface area is 166 Å². The molecule has 0 spiro atoms. The Morgan fingerprint density at radius 2 is 1.22 bits per heavy atom. The van der Waals surface area contributed by atoms with Crippen molar-refractivity contribution in [1.82, 2.24) is 0 Å². The molecule has 160 valence electrons. The van der Waals surface area contributed by atoms with Gasteiger partial charge in [0.25, 0.3) is 0 Å². The van der Waals surface area contributed by atoms with Crippen LogP contribution in [0.15, 0.2) is 0 Å². The van der Waals surface area contributed by atoms with E-state index in [9.17, 15) is 20.0 Å². The smallest absolute Gasteiger partial charge is 0.238 e. The van der Waals surface area contributed by atoms with Crippen LogP contribution in [-0.4, -0.2) is 28.5 Å². The fourth-order valence-electron chi connectivity index (χ4n) is 3.58. The summed E-state index contributed by atoms with van der Waals surface area (Å²) >= 11 is 0. The topological polar surface area (TPSA) is 80.4 Å². The number of aliphatic hydroxyl groups excluding tert-OH is 1. The van der Waals surface area contributed by atoms with Gasteiger partial charge in [-0.25, -0.2) is 0 Å². The van der Waals surface area contributed by atoms with Crippen LogP contribution in [0.4, 0.5) is 0 Å². The SMILES string of the molecule is CCCCCCC(O)C(CCCCCCCCCCCCCC=O)[N+](=O)[O-]. The summed E-state index contributed by atoms with van der Waals surface area (Å²) in [5.41, 5.74) is 0. The summed E-state index contributed by atoms with van der Waals surface area (Å²) in [6, 6.07) is -0.786. The van der Waals surface area contributed by atoms with Gasteiger partial charge in [0.1, 0.15) is 12.4 Å². The van der Waals surface area contributed by atoms with Gasteiger partial charge in [0.15, 0.2) is 0 Å². The molecule has 27 heavy (non-hydrogen) atoms. The summed E-state index contributed by atoms with van der Waals surface area (Å²) in [6.07, 6.45) is 18.9. The Hall–Kier alpha value is -0.970. The molecule has 2 atom stereocenters. The molecular weight excluding hydrogens is 342 g/mol. The number of nitrogens with zero attached hydrogens (tertiary/aromatic N) is 1. The molecule has 0 radical (unpaired) electrons. The minimum atomic E-state index is -0.789. The van der Waals surface area contributed by atoms with E-state index in [1.54, 1.807) is 0 Å². The number of hydrogen-bond acceptors (Lipinski definition) is 4. The molecule has 0 saturated carbocycles. The van der Waals surface area contributed by atoms with E-state index in [1.165, 1.54) is 44.9 Å². The highest BCUT2D eigenvalue weighted by atomic mass is 16.6. The Bertz CT molecular complexity index is 349. The van der Waals surface area contributed by atoms with Gasteiger partial charge in [-0.05, 0) is 19.3 Å². The molecule has 0 aliphatic heterocycles. The van der Waals surface area contributed by atoms with Crippen molar-refractivity contribution in [3.05, 3.63) is 10.1 Å². The van der Waals surface area contributed by atoms with Crippen LogP contribution < -0.4 is 0 Å². The van der Waals surface area contributed by atoms with Crippen molar-refractivity contribution >= 4 is 6.29 Å². The van der Waals surface area contributed by atoms with E-state index in [2.05, 4.69) is 6.92 Å². The lowest BCUT2D eigenvalue weighted by Gasteiger charge is -2.16. The van der Waals surface area contributed by atoms with Crippen LogP contribution in [0.3, 0.4) is 0 Å². The van der Waals surface area contributed by atoms with Gasteiger partial charge in [0.2, 0.25) is 6.04 Å². The minimum Gasteiger partial charge on any atom is -0.386 e. The third kappa shape index (κ3) is 16.9. The van der Waals surface area contributed by atoms with E-state index in [0.29, 0.717) is 19.3 Å². The average Bonchev–Trinajstić information content (AvgIpc) is 2.65. The molecule has 0 aromatic rings. The first-order valence-electron chi connectivity index (χ1n) is 11.4. The molecule has 0 aromatic heterocycles. The zero-order valence-corrected chi connectivity index (χ0v) is 17.6. The number of aliphatic hydroxyl groups is 1. The Kier molecular flexibility index (Phi) is 19.1. The maximum absolute atomic E-state index is 11.2. The summed E-state index contributed by atoms with van der Waals surface area (Å²) in [5.74, 6) is 0. The Morgan fingerprint density at radius 1 is 0.778 bits per heavy atom. The van der Waals surface area contributed by atoms with Crippen molar-refractivity contribution in [3.8, 4) is 0 Å². The molecular formula is C22H43NO4. The first kappa shape index (κ1) is 26.0. The molecule has 0 heterocycles. The first-order valence-corrected chi connectivity index (χ1v) is 11.4. The standard InChI is InChI=1S/C22H43NO4/c1-2-3-4-16-19-22(25)21(23(26)27)18-15-13-11-9-7-5-6-8-10-12-14-17-20-24/h20-22,25H,2-19H2,1H3. The van der Waals surface area contributed by atoms with Crippen molar-refractivity contribution in [1.29, 1.82) is 0 Å². The lowest BCUT2D eigenvalue weighted by molar-refractivity contribution is -0.535. The third-order valence-corrected chi connectivity index (χ3v) is 5.39. The number of aldehydes is 1. The van der Waals surface area contributed by atoms with E-state index in [0.717, 1.165) is 57.7 Å². The predicted molar refractivity (Wildman–Crippen MR) is 112 cm³/mol. The van der Waals surface area contributed by atoms with Crippen molar-refractivity contribution in [2.45, 2.75) is 135 Å². The van der Waals surface area contributed by atoms with Crippen LogP contribution in [0.2, 0.25) is 0 Å². The van der Waals surface area contributed by atoms with Gasteiger partial charge in [-0.1, -0.05) is 90.4 Å². The molecule has 5 heteroatoms. The zero-order valence-electron chi connectivity index (χ0n) is 17.6. The van der Waals surface area contributed by atoms with Gasteiger partial charge in [-0.2, -0.15) is 0 Å². The molecule has 0 aliphatic rings. The van der Waals surface area contributed by atoms with Crippen molar-refractivity contribution in [2.24, 2.45) is 0 Å². The largest absolute Gasteiger partial charge is 0.386 e. The molecule has 0 aromatic carbocycles. The van der Waals surface area contributed by atoms with Gasteiger partial charge in [-0.15, -0.1) is 0 Å². The van der Waals surface area contributed by atoms with E-state index in [4.69, 9.17) is 0 Å². The highest BCUT2D eigenvalue weighted by Crippen LogP contribution is 2.17. The second kappa shape index (κ2) is 19.8. The summed E-state index contributed by atoms with van der Waals surface area (Å²) < 4.78 is 0. The minimum absolute atomic E-state index is 0.278. The number of rotatable bonds is 21. The van der Waals surface area contributed by atoms with E-state index in [-0.39, 0.29) is 4.92 Å². The highest BCUT2D eigenvalue weighted by molar-refractivity contribution is 5.48. The number of unbranched alkanes of at least 4 members (excludes halogenated alkanes) is 14. The molecule has 0 aliphatic carbocycles. The zero-order chi connectivity index (χ0) is 20.2. The number of hydrogen-bond donors (Lipinski definition) is 1. The summed E-state index contributed by atoms with van der Waals surface area (Å²) in [5, 5.41) is 21.3. The van der Waals surface area contributed by atoms with Crippen LogP contribution in [0.25, 0.3) is 0 Å². The maximum atomic E-state index is 11.2. The predicted octanol–water partition coefficient (Wildman–Crippen LogP) is 6.23. The fraction of sp³-hybridized carbons (Fsp3) is 0.955. The van der Waals surface area contributed by atoms with Gasteiger partial charge in [0, 0.05) is 17.8 Å². The Balaban J connectivity index is 3.56. The van der Waals surface area contributed by atoms with Crippen LogP contribution in [0.5, 0.6) is 0 Å². The summed E-state index contributed by atoms with van der Waals surface area (Å²) in [4.78, 5) is 21.1. The van der Waals surface area contributed by atoms with Crippen LogP contribution in [0.1, 0.15) is 122 Å². The lowest BCUT2D eigenvalue weighted by Crippen LogP contribution is -2.33. The second-order valence-electron chi connectivity index (χ2n) is 7.90. The molecule has 0 amide bonds. The molecule has 2 unspecified atom stereocenters. The van der Waals surface area contributed by atoms with Gasteiger partial charge >= 0.3 is 0 Å². The quantitative estimate of drug-likeness (QED) is 0.110. The van der Waals surface area contributed by atoms with Crippen LogP contribution in [0, 0.1) is 10.1 Å². The summed E-state index contributed by atoms with van der Waals surface area (Å²) in [6.45, 7) is 2.13. The fourth-order valence-corrected chi connectivity index (χ4v) is 3.58. The molecule has 0 fully saturated rings. The Morgan fingerprint density at radius 3 is 1.70 bits per heavy atom. The second-order valence-corrected chi connectivity index (χ2v) is 7.90. The van der Waals surface area contributed by atoms with Gasteiger partial charge in [0.05, 0.1) is 0 Å². The molecule has 5 nitrogen and oxygen atoms in total. The maximum Gasteiger partial charge on any atom is 0.238 e. The average molecular weight is 386 g/mol.